The number of morpholine rings is 1. The van der Waals surface area contributed by atoms with E-state index in [0.29, 0.717) is 61.5 Å². The molecule has 2 aliphatic heterocycles. The van der Waals surface area contributed by atoms with E-state index in [9.17, 15) is 18.0 Å². The lowest BCUT2D eigenvalue weighted by Gasteiger charge is -2.28. The van der Waals surface area contributed by atoms with E-state index in [1.807, 2.05) is 13.8 Å². The van der Waals surface area contributed by atoms with Crippen LogP contribution in [-0.4, -0.2) is 64.0 Å². The van der Waals surface area contributed by atoms with Crippen molar-refractivity contribution in [3.05, 3.63) is 48.0 Å². The molecular formula is C27H35N3O6S. The maximum atomic E-state index is 13.2. The van der Waals surface area contributed by atoms with E-state index in [0.717, 1.165) is 6.42 Å². The van der Waals surface area contributed by atoms with Gasteiger partial charge in [-0.05, 0) is 62.6 Å². The van der Waals surface area contributed by atoms with Gasteiger partial charge in [-0.2, -0.15) is 4.31 Å². The molecule has 0 aliphatic carbocycles. The van der Waals surface area contributed by atoms with E-state index in [1.165, 1.54) is 28.6 Å². The van der Waals surface area contributed by atoms with Crippen LogP contribution in [-0.2, 0) is 19.6 Å². The number of sulfonamides is 1. The summed E-state index contributed by atoms with van der Waals surface area (Å²) >= 11 is 0. The number of fused-ring (bicyclic) bond motifs is 1. The molecule has 2 heterocycles. The van der Waals surface area contributed by atoms with Crippen LogP contribution in [0, 0.1) is 11.3 Å². The summed E-state index contributed by atoms with van der Waals surface area (Å²) in [6, 6.07) is 11.1. The second kappa shape index (κ2) is 10.8. The molecule has 0 unspecified atom stereocenters. The van der Waals surface area contributed by atoms with Crippen LogP contribution < -0.4 is 15.0 Å². The largest absolute Gasteiger partial charge is 0.490 e. The number of hydrogen-bond acceptors (Lipinski definition) is 6. The number of amides is 2. The third kappa shape index (κ3) is 5.97. The molecular weight excluding hydrogens is 494 g/mol. The lowest BCUT2D eigenvalue weighted by Crippen LogP contribution is -2.42. The minimum Gasteiger partial charge on any atom is -0.490 e. The molecule has 1 fully saturated rings. The summed E-state index contributed by atoms with van der Waals surface area (Å²) in [6.07, 6.45) is 0.858. The van der Waals surface area contributed by atoms with Crippen molar-refractivity contribution >= 4 is 33.2 Å². The van der Waals surface area contributed by atoms with E-state index in [1.54, 1.807) is 23.1 Å². The molecule has 9 nitrogen and oxygen atoms in total. The fourth-order valence-electron chi connectivity index (χ4n) is 4.25. The number of ether oxygens (including phenoxy) is 2. The van der Waals surface area contributed by atoms with Crippen LogP contribution >= 0.6 is 0 Å². The zero-order valence-corrected chi connectivity index (χ0v) is 22.6. The molecule has 2 aromatic carbocycles. The summed E-state index contributed by atoms with van der Waals surface area (Å²) in [6.45, 7) is 10.1. The Hall–Kier alpha value is -2.95. The smallest absolute Gasteiger partial charge is 0.255 e. The van der Waals surface area contributed by atoms with Gasteiger partial charge in [-0.25, -0.2) is 8.42 Å². The molecule has 0 saturated carbocycles. The Kier molecular flexibility index (Phi) is 7.91. The van der Waals surface area contributed by atoms with Gasteiger partial charge in [0.25, 0.3) is 5.91 Å². The van der Waals surface area contributed by atoms with Crippen LogP contribution in [0.5, 0.6) is 5.75 Å². The summed E-state index contributed by atoms with van der Waals surface area (Å²) in [5.74, 6) is 0.609. The second-order valence-electron chi connectivity index (χ2n) is 10.5. The summed E-state index contributed by atoms with van der Waals surface area (Å²) in [5, 5.41) is 2.85. The number of benzene rings is 2. The Morgan fingerprint density at radius 2 is 1.76 bits per heavy atom. The van der Waals surface area contributed by atoms with Gasteiger partial charge >= 0.3 is 0 Å². The zero-order chi connectivity index (χ0) is 26.8. The first-order chi connectivity index (χ1) is 17.5. The molecule has 1 saturated heterocycles. The normalized spacial score (nSPS) is 18.2. The molecule has 1 N–H and O–H groups in total. The van der Waals surface area contributed by atoms with Crippen LogP contribution in [0.1, 0.15) is 44.5 Å². The third-order valence-corrected chi connectivity index (χ3v) is 8.49. The van der Waals surface area contributed by atoms with Crippen LogP contribution in [0.25, 0.3) is 0 Å². The fraction of sp³-hybridized carbons (Fsp3) is 0.481. The summed E-state index contributed by atoms with van der Waals surface area (Å²) in [5.41, 5.74) is 0.853. The highest BCUT2D eigenvalue weighted by Crippen LogP contribution is 2.38. The van der Waals surface area contributed by atoms with Gasteiger partial charge in [-0.15, -0.1) is 0 Å². The predicted octanol–water partition coefficient (Wildman–Crippen LogP) is 3.76. The predicted molar refractivity (Wildman–Crippen MR) is 141 cm³/mol. The highest BCUT2D eigenvalue weighted by Gasteiger charge is 2.37. The van der Waals surface area contributed by atoms with Crippen molar-refractivity contribution in [2.75, 3.05) is 49.7 Å². The third-order valence-electron chi connectivity index (χ3n) is 6.58. The molecule has 200 valence electrons. The van der Waals surface area contributed by atoms with Crippen molar-refractivity contribution < 1.29 is 27.5 Å². The van der Waals surface area contributed by atoms with Crippen molar-refractivity contribution in [3.63, 3.8) is 0 Å². The van der Waals surface area contributed by atoms with Crippen LogP contribution in [0.4, 0.5) is 11.4 Å². The number of nitrogens with one attached hydrogen (secondary N) is 1. The van der Waals surface area contributed by atoms with Gasteiger partial charge in [0.15, 0.2) is 0 Å². The van der Waals surface area contributed by atoms with E-state index < -0.39 is 15.4 Å². The summed E-state index contributed by atoms with van der Waals surface area (Å²) < 4.78 is 38.3. The van der Waals surface area contributed by atoms with Crippen molar-refractivity contribution in [1.29, 1.82) is 0 Å². The molecule has 37 heavy (non-hydrogen) atoms. The fourth-order valence-corrected chi connectivity index (χ4v) is 5.66. The molecule has 2 amide bonds. The molecule has 0 aromatic heterocycles. The Balaban J connectivity index is 1.51. The number of rotatable bonds is 7. The molecule has 10 heteroatoms. The standard InChI is InChI=1S/C27H35N3O6S/c1-19(2)11-12-30-23-10-7-21(17-24(23)36-18-27(3,4)26(30)32)28-25(31)20-5-8-22(9-6-20)37(33,34)29-13-15-35-16-14-29/h5-10,17,19H,11-16,18H2,1-4H3,(H,28,31). The molecule has 0 atom stereocenters. The molecule has 2 aromatic rings. The maximum absolute atomic E-state index is 13.2. The van der Waals surface area contributed by atoms with Crippen LogP contribution in [0.3, 0.4) is 0 Å². The summed E-state index contributed by atoms with van der Waals surface area (Å²) in [4.78, 5) is 28.0. The number of carbonyl (C=O) groups is 2. The average Bonchev–Trinajstić information content (AvgIpc) is 2.97. The Bertz CT molecular complexity index is 1250. The first-order valence-electron chi connectivity index (χ1n) is 12.6. The van der Waals surface area contributed by atoms with Crippen molar-refractivity contribution in [3.8, 4) is 5.75 Å². The van der Waals surface area contributed by atoms with Crippen molar-refractivity contribution in [2.24, 2.45) is 11.3 Å². The molecule has 2 aliphatic rings. The Morgan fingerprint density at radius 1 is 1.08 bits per heavy atom. The van der Waals surface area contributed by atoms with Gasteiger partial charge in [0.1, 0.15) is 12.4 Å². The van der Waals surface area contributed by atoms with Crippen LogP contribution in [0.15, 0.2) is 47.4 Å². The maximum Gasteiger partial charge on any atom is 0.255 e. The zero-order valence-electron chi connectivity index (χ0n) is 21.8. The molecule has 0 bridgehead atoms. The SMILES string of the molecule is CC(C)CCN1C(=O)C(C)(C)COc2cc(NC(=O)c3ccc(S(=O)(=O)N4CCOCC4)cc3)ccc21. The van der Waals surface area contributed by atoms with Gasteiger partial charge in [-0.1, -0.05) is 13.8 Å². The second-order valence-corrected chi connectivity index (χ2v) is 12.4. The molecule has 0 spiro atoms. The number of nitrogens with zero attached hydrogens (tertiary/aromatic N) is 2. The first kappa shape index (κ1) is 27.1. The lowest BCUT2D eigenvalue weighted by atomic mass is 9.92. The minimum atomic E-state index is -3.63. The van der Waals surface area contributed by atoms with Crippen molar-refractivity contribution in [1.82, 2.24) is 4.31 Å². The van der Waals surface area contributed by atoms with Crippen molar-refractivity contribution in [2.45, 2.75) is 39.0 Å². The highest BCUT2D eigenvalue weighted by atomic mass is 32.2. The van der Waals surface area contributed by atoms with Gasteiger partial charge in [0.2, 0.25) is 15.9 Å². The molecule has 4 rings (SSSR count). The van der Waals surface area contributed by atoms with E-state index in [4.69, 9.17) is 9.47 Å². The average molecular weight is 530 g/mol. The monoisotopic (exact) mass is 529 g/mol. The van der Waals surface area contributed by atoms with E-state index in [-0.39, 0.29) is 23.3 Å². The lowest BCUT2D eigenvalue weighted by molar-refractivity contribution is -0.127. The Morgan fingerprint density at radius 3 is 2.41 bits per heavy atom. The highest BCUT2D eigenvalue weighted by molar-refractivity contribution is 7.89. The topological polar surface area (TPSA) is 105 Å². The van der Waals surface area contributed by atoms with Crippen LogP contribution in [0.2, 0.25) is 0 Å². The van der Waals surface area contributed by atoms with Gasteiger partial charge < -0.3 is 19.7 Å². The quantitative estimate of drug-likeness (QED) is 0.586. The molecule has 0 radical (unpaired) electrons. The van der Waals surface area contributed by atoms with Gasteiger partial charge in [0, 0.05) is 37.0 Å². The van der Waals surface area contributed by atoms with Gasteiger partial charge in [-0.3, -0.25) is 9.59 Å². The van der Waals surface area contributed by atoms with Gasteiger partial charge in [0.05, 0.1) is 29.2 Å². The van der Waals surface area contributed by atoms with E-state index in [2.05, 4.69) is 19.2 Å². The number of carbonyl (C=O) groups excluding carboxylic acids is 2. The minimum absolute atomic E-state index is 0.0100. The number of hydrogen-bond donors (Lipinski definition) is 1. The number of anilines is 2. The van der Waals surface area contributed by atoms with E-state index >= 15 is 0 Å². The summed E-state index contributed by atoms with van der Waals surface area (Å²) in [7, 11) is -3.63. The first-order valence-corrected chi connectivity index (χ1v) is 14.0. The Labute approximate surface area is 218 Å².